The van der Waals surface area contributed by atoms with Crippen LogP contribution >= 0.6 is 11.3 Å². The van der Waals surface area contributed by atoms with E-state index in [2.05, 4.69) is 20.2 Å². The van der Waals surface area contributed by atoms with Gasteiger partial charge >= 0.3 is 22.4 Å². The second kappa shape index (κ2) is 14.1. The molecule has 215 valence electrons. The van der Waals surface area contributed by atoms with Gasteiger partial charge in [0.2, 0.25) is 6.61 Å². The van der Waals surface area contributed by atoms with Gasteiger partial charge in [-0.3, -0.25) is 24.3 Å². The second-order valence-corrected chi connectivity index (χ2v) is 9.81. The summed E-state index contributed by atoms with van der Waals surface area (Å²) in [5.41, 5.74) is 10.0. The van der Waals surface area contributed by atoms with Crippen LogP contribution < -0.4 is 16.8 Å². The van der Waals surface area contributed by atoms with E-state index in [0.29, 0.717) is 5.56 Å². The summed E-state index contributed by atoms with van der Waals surface area (Å²) in [6, 6.07) is 2.05. The average molecular weight is 625 g/mol. The van der Waals surface area contributed by atoms with Gasteiger partial charge in [0.05, 0.1) is 4.92 Å². The maximum atomic E-state index is 12.9. The minimum absolute atomic E-state index is 0. The fourth-order valence-electron chi connectivity index (χ4n) is 3.17. The zero-order chi connectivity index (χ0) is 29.6. The number of aromatic nitrogens is 1. The van der Waals surface area contributed by atoms with Crippen LogP contribution in [0.2, 0.25) is 0 Å². The molecule has 41 heavy (non-hydrogen) atoms. The zero-order valence-electron chi connectivity index (χ0n) is 20.9. The number of ether oxygens (including phenoxy) is 2. The molecule has 3 amide bonds. The maximum Gasteiger partial charge on any atom is 0.404 e. The van der Waals surface area contributed by atoms with Crippen molar-refractivity contribution in [3.8, 4) is 0 Å². The van der Waals surface area contributed by atoms with E-state index in [9.17, 15) is 42.3 Å². The van der Waals surface area contributed by atoms with Crippen molar-refractivity contribution in [1.29, 1.82) is 0 Å². The number of nitrogens with zero attached hydrogens (tertiary/aromatic N) is 4. The van der Waals surface area contributed by atoms with Crippen LogP contribution in [-0.4, -0.2) is 112 Å². The molecule has 0 bridgehead atoms. The molecule has 1 aromatic heterocycles. The number of oxime groups is 1. The Kier molecular flexibility index (Phi) is 11.5. The number of benzene rings is 1. The van der Waals surface area contributed by atoms with Crippen LogP contribution in [0.3, 0.4) is 0 Å². The van der Waals surface area contributed by atoms with Crippen LogP contribution in [0.1, 0.15) is 11.3 Å². The van der Waals surface area contributed by atoms with Gasteiger partial charge < -0.3 is 31.1 Å². The Morgan fingerprint density at radius 3 is 2.44 bits per heavy atom. The van der Waals surface area contributed by atoms with Crippen molar-refractivity contribution in [3.05, 3.63) is 51.0 Å². The maximum absolute atomic E-state index is 12.9. The summed E-state index contributed by atoms with van der Waals surface area (Å²) < 4.78 is 41.7. The predicted molar refractivity (Wildman–Crippen MR) is 137 cm³/mol. The molecule has 2 atom stereocenters. The van der Waals surface area contributed by atoms with Gasteiger partial charge in [0, 0.05) is 47.1 Å². The van der Waals surface area contributed by atoms with E-state index in [1.54, 1.807) is 0 Å². The number of esters is 1. The third-order valence-corrected chi connectivity index (χ3v) is 6.59. The number of hydrogen-bond donors (Lipinski definition) is 4. The van der Waals surface area contributed by atoms with Crippen LogP contribution in [0.25, 0.3) is 0 Å². The molecule has 1 radical (unpaired) electrons. The van der Waals surface area contributed by atoms with Crippen LogP contribution in [0.15, 0.2) is 34.8 Å². The SMILES string of the molecule is NC(=O)OC[C@@H]1[C@H](NC(=O)C(=NOCC(=O)OCc2ccc([N+](=O)[O-])cc2)c2csc(N)n2)C(=O)N1S(=O)(=O)O.[Na]. The van der Waals surface area contributed by atoms with E-state index < -0.39 is 70.1 Å². The van der Waals surface area contributed by atoms with Crippen molar-refractivity contribution in [1.82, 2.24) is 14.6 Å². The number of β-lactam (4-membered cyclic amide) rings is 1. The van der Waals surface area contributed by atoms with Crippen LogP contribution in [-0.2, 0) is 45.6 Å². The van der Waals surface area contributed by atoms with Gasteiger partial charge in [0.1, 0.15) is 31.0 Å². The molecule has 3 rings (SSSR count). The molecule has 1 saturated heterocycles. The molecule has 0 saturated carbocycles. The molecular formula is C19H19N7NaO12S2. The topological polar surface area (TPSA) is 286 Å². The molecule has 2 aromatic rings. The van der Waals surface area contributed by atoms with E-state index in [4.69, 9.17) is 21.0 Å². The second-order valence-electron chi connectivity index (χ2n) is 7.63. The van der Waals surface area contributed by atoms with Crippen molar-refractivity contribution < 1.29 is 51.4 Å². The summed E-state index contributed by atoms with van der Waals surface area (Å²) in [4.78, 5) is 67.0. The Morgan fingerprint density at radius 1 is 1.24 bits per heavy atom. The van der Waals surface area contributed by atoms with Gasteiger partial charge in [-0.25, -0.2) is 18.9 Å². The molecule has 1 aliphatic rings. The van der Waals surface area contributed by atoms with E-state index in [1.165, 1.54) is 29.6 Å². The van der Waals surface area contributed by atoms with Gasteiger partial charge in [0.15, 0.2) is 10.8 Å². The minimum atomic E-state index is -5.07. The number of carbonyl (C=O) groups is 4. The molecule has 22 heteroatoms. The number of nitro benzene ring substituents is 1. The number of rotatable bonds is 12. The van der Waals surface area contributed by atoms with E-state index in [1.807, 2.05) is 0 Å². The zero-order valence-corrected chi connectivity index (χ0v) is 24.5. The van der Waals surface area contributed by atoms with Crippen LogP contribution in [0, 0.1) is 10.1 Å². The Bertz CT molecular complexity index is 1460. The number of primary amides is 1. The van der Waals surface area contributed by atoms with Crippen molar-refractivity contribution in [2.24, 2.45) is 10.9 Å². The first kappa shape index (κ1) is 33.3. The van der Waals surface area contributed by atoms with Crippen molar-refractivity contribution in [2.45, 2.75) is 18.7 Å². The number of nitrogens with one attached hydrogen (secondary N) is 1. The smallest absolute Gasteiger partial charge is 0.404 e. The van der Waals surface area contributed by atoms with E-state index >= 15 is 0 Å². The minimum Gasteiger partial charge on any atom is -0.458 e. The summed E-state index contributed by atoms with van der Waals surface area (Å²) in [5, 5.41) is 17.7. The summed E-state index contributed by atoms with van der Waals surface area (Å²) >= 11 is 0.911. The van der Waals surface area contributed by atoms with Crippen molar-refractivity contribution in [2.75, 3.05) is 18.9 Å². The number of non-ortho nitro benzene ring substituents is 1. The number of carbonyl (C=O) groups excluding carboxylic acids is 4. The standard InChI is InChI=1S/C19H19N7O12S2.Na/c20-18-22-11(8-39-18)14(24-38-7-13(27)36-5-9-1-3-10(4-2-9)26(31)32)16(28)23-15-12(6-37-19(21)30)25(17(15)29)40(33,34)35;/h1-4,8,12,15H,5-7H2,(H2,20,22)(H2,21,30)(H,23,28)(H,33,34,35);/t12-,15+;/m1./s1. The monoisotopic (exact) mass is 624 g/mol. The van der Waals surface area contributed by atoms with Crippen LogP contribution in [0.5, 0.6) is 0 Å². The first-order valence-electron chi connectivity index (χ1n) is 10.6. The number of thiazole rings is 1. The quantitative estimate of drug-likeness (QED) is 0.0390. The first-order chi connectivity index (χ1) is 18.8. The van der Waals surface area contributed by atoms with Crippen LogP contribution in [0.4, 0.5) is 15.6 Å². The number of nitro groups is 1. The first-order valence-corrected chi connectivity index (χ1v) is 12.9. The molecule has 1 aromatic carbocycles. The molecule has 0 aliphatic carbocycles. The number of nitrogens with two attached hydrogens (primary N) is 2. The van der Waals surface area contributed by atoms with E-state index in [0.717, 1.165) is 11.3 Å². The third kappa shape index (κ3) is 8.80. The summed E-state index contributed by atoms with van der Waals surface area (Å²) in [6.07, 6.45) is -1.31. The van der Waals surface area contributed by atoms with Gasteiger partial charge in [-0.05, 0) is 17.7 Å². The molecule has 6 N–H and O–H groups in total. The largest absolute Gasteiger partial charge is 0.458 e. The molecule has 0 spiro atoms. The molecular weight excluding hydrogens is 605 g/mol. The molecule has 1 aliphatic heterocycles. The molecule has 19 nitrogen and oxygen atoms in total. The summed E-state index contributed by atoms with van der Waals surface area (Å²) in [6.45, 7) is -1.83. The summed E-state index contributed by atoms with van der Waals surface area (Å²) in [5.74, 6) is -3.33. The van der Waals surface area contributed by atoms with Gasteiger partial charge in [0.25, 0.3) is 17.5 Å². The number of hydrogen-bond acceptors (Lipinski definition) is 15. The van der Waals surface area contributed by atoms with Crippen molar-refractivity contribution in [3.63, 3.8) is 0 Å². The van der Waals surface area contributed by atoms with E-state index in [-0.39, 0.29) is 57.0 Å². The van der Waals surface area contributed by atoms with Gasteiger partial charge in [-0.15, -0.1) is 11.3 Å². The fourth-order valence-corrected chi connectivity index (χ4v) is 4.59. The van der Waals surface area contributed by atoms with Gasteiger partial charge in [-0.2, -0.15) is 8.42 Å². The molecule has 1 fully saturated rings. The third-order valence-electron chi connectivity index (χ3n) is 4.97. The normalized spacial score (nSPS) is 16.6. The number of nitrogen functional groups attached to an aromatic ring is 1. The fraction of sp³-hybridized carbons (Fsp3) is 0.263. The molecule has 0 unspecified atom stereocenters. The predicted octanol–water partition coefficient (Wildman–Crippen LogP) is -1.69. The number of amides is 3. The summed E-state index contributed by atoms with van der Waals surface area (Å²) in [7, 11) is -5.07. The number of anilines is 1. The van der Waals surface area contributed by atoms with Crippen molar-refractivity contribution >= 4 is 91.6 Å². The Morgan fingerprint density at radius 2 is 1.90 bits per heavy atom. The average Bonchev–Trinajstić information content (AvgIpc) is 3.30. The Labute approximate surface area is 256 Å². The Hall–Kier alpha value is -3.89. The molecule has 2 heterocycles. The Balaban J connectivity index is 0.00000588. The van der Waals surface area contributed by atoms with Gasteiger partial charge in [-0.1, -0.05) is 5.16 Å².